The maximum Gasteiger partial charge on any atom is 0.253 e. The zero-order chi connectivity index (χ0) is 17.3. The number of aromatic nitrogens is 1. The maximum atomic E-state index is 12.5. The fraction of sp³-hybridized carbons (Fsp3) is 0.286. The van der Waals surface area contributed by atoms with Gasteiger partial charge >= 0.3 is 0 Å². The molecule has 0 radical (unpaired) electrons. The number of hydrogen-bond acceptors (Lipinski definition) is 1. The molecule has 0 fully saturated rings. The molecule has 1 N–H and O–H groups in total. The van der Waals surface area contributed by atoms with Crippen LogP contribution >= 0.6 is 0 Å². The highest BCUT2D eigenvalue weighted by Gasteiger charge is 2.13. The van der Waals surface area contributed by atoms with Crippen molar-refractivity contribution in [1.82, 2.24) is 9.88 Å². The summed E-state index contributed by atoms with van der Waals surface area (Å²) in [6.07, 6.45) is 0. The molecular formula is C21H24N2O. The summed E-state index contributed by atoms with van der Waals surface area (Å²) in [6, 6.07) is 14.6. The lowest BCUT2D eigenvalue weighted by molar-refractivity contribution is 0.0773. The predicted molar refractivity (Wildman–Crippen MR) is 100 cm³/mol. The molecule has 3 aromatic rings. The third kappa shape index (κ3) is 3.07. The van der Waals surface area contributed by atoms with Crippen molar-refractivity contribution in [3.8, 4) is 11.3 Å². The SMILES string of the molecule is CCN(CC)C(=O)c1ccc2[nH]c(-c3cc(C)cc(C)c3)cc2c1. The molecule has 0 bridgehead atoms. The van der Waals surface area contributed by atoms with Crippen LogP contribution in [0.2, 0.25) is 0 Å². The van der Waals surface area contributed by atoms with Gasteiger partial charge in [0.05, 0.1) is 0 Å². The van der Waals surface area contributed by atoms with Gasteiger partial charge in [-0.15, -0.1) is 0 Å². The van der Waals surface area contributed by atoms with E-state index in [1.165, 1.54) is 16.7 Å². The van der Waals surface area contributed by atoms with Crippen molar-refractivity contribution in [3.63, 3.8) is 0 Å². The molecule has 3 heteroatoms. The Labute approximate surface area is 143 Å². The van der Waals surface area contributed by atoms with Crippen molar-refractivity contribution in [2.45, 2.75) is 27.7 Å². The monoisotopic (exact) mass is 320 g/mol. The van der Waals surface area contributed by atoms with Crippen LogP contribution < -0.4 is 0 Å². The second kappa shape index (κ2) is 6.52. The Bertz CT molecular complexity index is 868. The van der Waals surface area contributed by atoms with Crippen molar-refractivity contribution in [2.24, 2.45) is 0 Å². The smallest absolute Gasteiger partial charge is 0.253 e. The molecule has 0 aliphatic heterocycles. The molecule has 0 spiro atoms. The zero-order valence-electron chi connectivity index (χ0n) is 14.8. The number of aromatic amines is 1. The third-order valence-corrected chi connectivity index (χ3v) is 4.45. The second-order valence-electron chi connectivity index (χ2n) is 6.34. The Morgan fingerprint density at radius 2 is 1.62 bits per heavy atom. The average Bonchev–Trinajstić information content (AvgIpc) is 2.98. The number of aryl methyl sites for hydroxylation is 2. The first-order valence-corrected chi connectivity index (χ1v) is 8.52. The van der Waals surface area contributed by atoms with Crippen molar-refractivity contribution in [3.05, 3.63) is 59.2 Å². The van der Waals surface area contributed by atoms with E-state index in [1.807, 2.05) is 36.9 Å². The summed E-state index contributed by atoms with van der Waals surface area (Å²) < 4.78 is 0. The minimum absolute atomic E-state index is 0.0936. The lowest BCUT2D eigenvalue weighted by Crippen LogP contribution is -2.30. The van der Waals surface area contributed by atoms with Crippen LogP contribution in [0.4, 0.5) is 0 Å². The van der Waals surface area contributed by atoms with Crippen LogP contribution in [0, 0.1) is 13.8 Å². The van der Waals surface area contributed by atoms with Gasteiger partial charge in [0.2, 0.25) is 0 Å². The van der Waals surface area contributed by atoms with Crippen LogP contribution in [0.5, 0.6) is 0 Å². The summed E-state index contributed by atoms with van der Waals surface area (Å²) >= 11 is 0. The van der Waals surface area contributed by atoms with Crippen molar-refractivity contribution in [2.75, 3.05) is 13.1 Å². The molecule has 3 nitrogen and oxygen atoms in total. The molecule has 3 rings (SSSR count). The van der Waals surface area contributed by atoms with Crippen LogP contribution in [0.15, 0.2) is 42.5 Å². The van der Waals surface area contributed by atoms with Crippen LogP contribution in [-0.4, -0.2) is 28.9 Å². The number of fused-ring (bicyclic) bond motifs is 1. The van der Waals surface area contributed by atoms with Crippen molar-refractivity contribution >= 4 is 16.8 Å². The molecule has 0 unspecified atom stereocenters. The highest BCUT2D eigenvalue weighted by molar-refractivity contribution is 5.99. The van der Waals surface area contributed by atoms with Gasteiger partial charge in [0, 0.05) is 35.2 Å². The number of H-pyrrole nitrogens is 1. The highest BCUT2D eigenvalue weighted by Crippen LogP contribution is 2.26. The number of benzene rings is 2. The minimum atomic E-state index is 0.0936. The zero-order valence-corrected chi connectivity index (χ0v) is 14.8. The number of nitrogens with one attached hydrogen (secondary N) is 1. The number of amides is 1. The average molecular weight is 320 g/mol. The van der Waals surface area contributed by atoms with Crippen LogP contribution in [-0.2, 0) is 0 Å². The van der Waals surface area contributed by atoms with E-state index in [9.17, 15) is 4.79 Å². The van der Waals surface area contributed by atoms with Gasteiger partial charge in [0.15, 0.2) is 0 Å². The molecule has 0 saturated heterocycles. The molecule has 1 heterocycles. The van der Waals surface area contributed by atoms with Gasteiger partial charge in [-0.05, 0) is 69.7 Å². The Balaban J connectivity index is 2.01. The molecule has 2 aromatic carbocycles. The standard InChI is InChI=1S/C21H24N2O/c1-5-23(6-2)21(24)16-7-8-19-18(12-16)13-20(22-19)17-10-14(3)9-15(4)11-17/h7-13,22H,5-6H2,1-4H3. The van der Waals surface area contributed by atoms with Gasteiger partial charge in [-0.1, -0.05) is 17.2 Å². The largest absolute Gasteiger partial charge is 0.355 e. The van der Waals surface area contributed by atoms with E-state index in [0.717, 1.165) is 35.2 Å². The fourth-order valence-electron chi connectivity index (χ4n) is 3.24. The van der Waals surface area contributed by atoms with Gasteiger partial charge < -0.3 is 9.88 Å². The van der Waals surface area contributed by atoms with Gasteiger partial charge in [0.1, 0.15) is 0 Å². The molecule has 0 aliphatic rings. The minimum Gasteiger partial charge on any atom is -0.355 e. The van der Waals surface area contributed by atoms with Crippen LogP contribution in [0.1, 0.15) is 35.3 Å². The third-order valence-electron chi connectivity index (χ3n) is 4.45. The molecule has 124 valence electrons. The first-order chi connectivity index (χ1) is 11.5. The molecule has 1 aromatic heterocycles. The second-order valence-corrected chi connectivity index (χ2v) is 6.34. The first kappa shape index (κ1) is 16.3. The van der Waals surface area contributed by atoms with Gasteiger partial charge in [-0.25, -0.2) is 0 Å². The normalized spacial score (nSPS) is 11.0. The van der Waals surface area contributed by atoms with E-state index < -0.39 is 0 Å². The van der Waals surface area contributed by atoms with Gasteiger partial charge in [-0.2, -0.15) is 0 Å². The number of carbonyl (C=O) groups excluding carboxylic acids is 1. The molecule has 0 aliphatic carbocycles. The maximum absolute atomic E-state index is 12.5. The van der Waals surface area contributed by atoms with E-state index in [4.69, 9.17) is 0 Å². The van der Waals surface area contributed by atoms with E-state index in [2.05, 4.69) is 43.1 Å². The number of nitrogens with zero attached hydrogens (tertiary/aromatic N) is 1. The fourth-order valence-corrected chi connectivity index (χ4v) is 3.24. The van der Waals surface area contributed by atoms with Crippen LogP contribution in [0.25, 0.3) is 22.2 Å². The van der Waals surface area contributed by atoms with E-state index in [1.54, 1.807) is 0 Å². The van der Waals surface area contributed by atoms with Gasteiger partial charge in [-0.3, -0.25) is 4.79 Å². The lowest BCUT2D eigenvalue weighted by atomic mass is 10.0. The van der Waals surface area contributed by atoms with Crippen molar-refractivity contribution in [1.29, 1.82) is 0 Å². The Morgan fingerprint density at radius 1 is 0.958 bits per heavy atom. The van der Waals surface area contributed by atoms with Crippen molar-refractivity contribution < 1.29 is 4.79 Å². The summed E-state index contributed by atoms with van der Waals surface area (Å²) in [5.41, 5.74) is 6.57. The summed E-state index contributed by atoms with van der Waals surface area (Å²) in [5.74, 6) is 0.0936. The number of carbonyl (C=O) groups is 1. The summed E-state index contributed by atoms with van der Waals surface area (Å²) in [5, 5.41) is 1.07. The highest BCUT2D eigenvalue weighted by atomic mass is 16.2. The van der Waals surface area contributed by atoms with E-state index in [-0.39, 0.29) is 5.91 Å². The quantitative estimate of drug-likeness (QED) is 0.726. The summed E-state index contributed by atoms with van der Waals surface area (Å²) in [4.78, 5) is 17.8. The molecule has 0 atom stereocenters. The number of hydrogen-bond donors (Lipinski definition) is 1. The van der Waals surface area contributed by atoms with E-state index >= 15 is 0 Å². The van der Waals surface area contributed by atoms with E-state index in [0.29, 0.717) is 0 Å². The molecule has 24 heavy (non-hydrogen) atoms. The summed E-state index contributed by atoms with van der Waals surface area (Å²) in [6.45, 7) is 9.70. The predicted octanol–water partition coefficient (Wildman–Crippen LogP) is 4.93. The Hall–Kier alpha value is -2.55. The molecule has 0 saturated carbocycles. The topological polar surface area (TPSA) is 36.1 Å². The number of rotatable bonds is 4. The Morgan fingerprint density at radius 3 is 2.25 bits per heavy atom. The summed E-state index contributed by atoms with van der Waals surface area (Å²) in [7, 11) is 0. The Kier molecular flexibility index (Phi) is 4.43. The molecular weight excluding hydrogens is 296 g/mol. The first-order valence-electron chi connectivity index (χ1n) is 8.52. The van der Waals surface area contributed by atoms with Crippen LogP contribution in [0.3, 0.4) is 0 Å². The van der Waals surface area contributed by atoms with Gasteiger partial charge in [0.25, 0.3) is 5.91 Å². The molecule has 1 amide bonds. The lowest BCUT2D eigenvalue weighted by Gasteiger charge is -2.18.